The van der Waals surface area contributed by atoms with E-state index in [4.69, 9.17) is 15.3 Å². The van der Waals surface area contributed by atoms with E-state index in [1.807, 2.05) is 73.2 Å². The minimum absolute atomic E-state index is 0.562. The number of hydrogen-bond donors (Lipinski definition) is 0. The summed E-state index contributed by atoms with van der Waals surface area (Å²) in [6.45, 7) is 0. The molecule has 0 amide bonds. The van der Waals surface area contributed by atoms with E-state index in [0.717, 1.165) is 35.5 Å². The van der Waals surface area contributed by atoms with E-state index < -0.39 is 6.29 Å². The van der Waals surface area contributed by atoms with E-state index in [-0.39, 0.29) is 0 Å². The van der Waals surface area contributed by atoms with Gasteiger partial charge in [0.25, 0.3) is 0 Å². The zero-order chi connectivity index (χ0) is 27.5. The first-order chi connectivity index (χ1) is 19.6. The van der Waals surface area contributed by atoms with Gasteiger partial charge in [-0.2, -0.15) is 15.3 Å². The summed E-state index contributed by atoms with van der Waals surface area (Å²) in [6, 6.07) is 27.3. The number of rotatable bonds is 9. The van der Waals surface area contributed by atoms with Crippen LogP contribution in [0.2, 0.25) is 0 Å². The number of benzene rings is 3. The van der Waals surface area contributed by atoms with Crippen LogP contribution in [0.5, 0.6) is 0 Å². The van der Waals surface area contributed by atoms with Crippen LogP contribution in [0, 0.1) is 0 Å². The van der Waals surface area contributed by atoms with E-state index >= 15 is 0 Å². The maximum atomic E-state index is 11.3. The molecule has 0 bridgehead atoms. The third-order valence-electron chi connectivity index (χ3n) is 6.49. The number of carbonyl (C=O) groups is 3. The molecule has 3 aromatic heterocycles. The van der Waals surface area contributed by atoms with Crippen LogP contribution in [0.3, 0.4) is 0 Å². The highest BCUT2D eigenvalue weighted by Crippen LogP contribution is 2.25. The fourth-order valence-electron chi connectivity index (χ4n) is 4.54. The molecule has 0 aliphatic rings. The first-order valence-electron chi connectivity index (χ1n) is 12.5. The van der Waals surface area contributed by atoms with Gasteiger partial charge in [0, 0.05) is 52.0 Å². The molecule has 0 unspecified atom stereocenters. The van der Waals surface area contributed by atoms with Gasteiger partial charge in [0.1, 0.15) is 18.9 Å². The molecule has 6 rings (SSSR count). The summed E-state index contributed by atoms with van der Waals surface area (Å²) in [4.78, 5) is 33.9. The van der Waals surface area contributed by atoms with Gasteiger partial charge < -0.3 is 0 Å². The summed E-state index contributed by atoms with van der Waals surface area (Å²) in [6.07, 6.45) is 7.29. The van der Waals surface area contributed by atoms with E-state index in [1.165, 1.54) is 0 Å². The molecule has 0 fully saturated rings. The average Bonchev–Trinajstić information content (AvgIpc) is 3.80. The van der Waals surface area contributed by atoms with Gasteiger partial charge in [-0.05, 0) is 36.4 Å². The molecular weight excluding hydrogens is 504 g/mol. The Morgan fingerprint density at radius 3 is 1.10 bits per heavy atom. The molecule has 0 spiro atoms. The topological polar surface area (TPSA) is 105 Å². The van der Waals surface area contributed by atoms with Crippen molar-refractivity contribution >= 4 is 18.9 Å². The van der Waals surface area contributed by atoms with E-state index in [2.05, 4.69) is 0 Å². The molecule has 0 atom stereocenters. The van der Waals surface area contributed by atoms with Crippen molar-refractivity contribution in [2.24, 2.45) is 0 Å². The average molecular weight is 527 g/mol. The molecule has 0 radical (unpaired) electrons. The minimum atomic E-state index is -0.617. The SMILES string of the molecule is O=Cc1cccc(-c2ccn(C(n3ccc(-c4cccc(C=O)c4)n3)n3ccc(-c4cccc(C=O)c4)n3)n2)c1. The first-order valence-corrected chi connectivity index (χ1v) is 12.5. The van der Waals surface area contributed by atoms with Crippen LogP contribution in [0.1, 0.15) is 37.4 Å². The zero-order valence-corrected chi connectivity index (χ0v) is 21.1. The molecule has 0 aliphatic heterocycles. The maximum absolute atomic E-state index is 11.3. The second-order valence-corrected chi connectivity index (χ2v) is 9.12. The van der Waals surface area contributed by atoms with E-state index in [9.17, 15) is 14.4 Å². The van der Waals surface area contributed by atoms with Gasteiger partial charge >= 0.3 is 0 Å². The van der Waals surface area contributed by atoms with Crippen molar-refractivity contribution in [3.63, 3.8) is 0 Å². The molecular formula is C31H22N6O3. The van der Waals surface area contributed by atoms with Crippen LogP contribution < -0.4 is 0 Å². The standard InChI is InChI=1S/C31H22N6O3/c38-19-22-4-1-7-25(16-22)28-10-13-35(32-28)31(36-14-11-29(33-36)26-8-2-5-23(17-26)20-39)37-15-12-30(34-37)27-9-3-6-24(18-27)21-40/h1-21,31H. The number of aromatic nitrogens is 6. The second kappa shape index (κ2) is 10.6. The molecule has 0 N–H and O–H groups in total. The summed E-state index contributed by atoms with van der Waals surface area (Å²) >= 11 is 0. The monoisotopic (exact) mass is 526 g/mol. The third-order valence-corrected chi connectivity index (χ3v) is 6.49. The van der Waals surface area contributed by atoms with Crippen molar-refractivity contribution in [1.82, 2.24) is 29.3 Å². The molecule has 0 saturated carbocycles. The van der Waals surface area contributed by atoms with Crippen LogP contribution in [-0.4, -0.2) is 48.2 Å². The van der Waals surface area contributed by atoms with Crippen molar-refractivity contribution in [3.05, 3.63) is 126 Å². The number of nitrogens with zero attached hydrogens (tertiary/aromatic N) is 6. The van der Waals surface area contributed by atoms with Crippen LogP contribution in [0.4, 0.5) is 0 Å². The summed E-state index contributed by atoms with van der Waals surface area (Å²) in [5.41, 5.74) is 6.16. The van der Waals surface area contributed by atoms with Gasteiger partial charge in [-0.25, -0.2) is 14.0 Å². The van der Waals surface area contributed by atoms with Gasteiger partial charge in [-0.3, -0.25) is 14.4 Å². The molecule has 0 saturated heterocycles. The molecule has 3 aromatic carbocycles. The Morgan fingerprint density at radius 2 is 0.800 bits per heavy atom. The predicted molar refractivity (Wildman–Crippen MR) is 149 cm³/mol. The number of carbonyl (C=O) groups excluding carboxylic acids is 3. The van der Waals surface area contributed by atoms with Crippen LogP contribution in [-0.2, 0) is 0 Å². The van der Waals surface area contributed by atoms with Gasteiger partial charge in [0.2, 0.25) is 6.29 Å². The number of aldehydes is 3. The van der Waals surface area contributed by atoms with Crippen molar-refractivity contribution < 1.29 is 14.4 Å². The molecule has 6 aromatic rings. The lowest BCUT2D eigenvalue weighted by molar-refractivity contribution is 0.111. The van der Waals surface area contributed by atoms with Gasteiger partial charge in [0.15, 0.2) is 0 Å². The smallest absolute Gasteiger partial charge is 0.238 e. The Labute approximate surface area is 228 Å². The van der Waals surface area contributed by atoms with Crippen LogP contribution >= 0.6 is 0 Å². The highest BCUT2D eigenvalue weighted by atomic mass is 16.1. The zero-order valence-electron chi connectivity index (χ0n) is 21.1. The Balaban J connectivity index is 1.43. The Morgan fingerprint density at radius 1 is 0.475 bits per heavy atom. The summed E-state index contributed by atoms with van der Waals surface area (Å²) in [5.74, 6) is 0. The van der Waals surface area contributed by atoms with Gasteiger partial charge in [0.05, 0.1) is 17.1 Å². The third kappa shape index (κ3) is 4.79. The van der Waals surface area contributed by atoms with Crippen LogP contribution in [0.25, 0.3) is 33.8 Å². The largest absolute Gasteiger partial charge is 0.298 e. The summed E-state index contributed by atoms with van der Waals surface area (Å²) < 4.78 is 5.21. The summed E-state index contributed by atoms with van der Waals surface area (Å²) in [7, 11) is 0. The molecule has 9 nitrogen and oxygen atoms in total. The lowest BCUT2D eigenvalue weighted by Gasteiger charge is -2.19. The highest BCUT2D eigenvalue weighted by molar-refractivity contribution is 5.79. The van der Waals surface area contributed by atoms with E-state index in [1.54, 1.807) is 50.4 Å². The first kappa shape index (κ1) is 24.6. The summed E-state index contributed by atoms with van der Waals surface area (Å²) in [5, 5.41) is 14.4. The minimum Gasteiger partial charge on any atom is -0.298 e. The van der Waals surface area contributed by atoms with Crippen molar-refractivity contribution in [2.75, 3.05) is 0 Å². The molecule has 3 heterocycles. The maximum Gasteiger partial charge on any atom is 0.238 e. The number of hydrogen-bond acceptors (Lipinski definition) is 6. The van der Waals surface area contributed by atoms with Crippen LogP contribution in [0.15, 0.2) is 110 Å². The highest BCUT2D eigenvalue weighted by Gasteiger charge is 2.21. The van der Waals surface area contributed by atoms with Crippen molar-refractivity contribution in [2.45, 2.75) is 6.29 Å². The quantitative estimate of drug-likeness (QED) is 0.238. The van der Waals surface area contributed by atoms with Gasteiger partial charge in [-0.15, -0.1) is 0 Å². The Kier molecular flexibility index (Phi) is 6.51. The van der Waals surface area contributed by atoms with Gasteiger partial charge in [-0.1, -0.05) is 54.6 Å². The van der Waals surface area contributed by atoms with Crippen molar-refractivity contribution in [3.8, 4) is 33.8 Å². The molecule has 194 valence electrons. The normalized spacial score (nSPS) is 11.0. The second-order valence-electron chi connectivity index (χ2n) is 9.12. The molecule has 9 heteroatoms. The Bertz CT molecular complexity index is 1630. The fraction of sp³-hybridized carbons (Fsp3) is 0.0323. The van der Waals surface area contributed by atoms with Crippen molar-refractivity contribution in [1.29, 1.82) is 0 Å². The lowest BCUT2D eigenvalue weighted by Crippen LogP contribution is -2.27. The lowest BCUT2D eigenvalue weighted by atomic mass is 10.1. The van der Waals surface area contributed by atoms with E-state index in [0.29, 0.717) is 33.8 Å². The Hall–Kier alpha value is -5.70. The fourth-order valence-corrected chi connectivity index (χ4v) is 4.54. The molecule has 40 heavy (non-hydrogen) atoms. The molecule has 0 aliphatic carbocycles. The predicted octanol–water partition coefficient (Wildman–Crippen LogP) is 5.27.